The van der Waals surface area contributed by atoms with E-state index in [4.69, 9.17) is 19.3 Å². The number of aliphatic carboxylic acids is 1. The van der Waals surface area contributed by atoms with Crippen LogP contribution in [0, 0.1) is 0 Å². The van der Waals surface area contributed by atoms with Crippen molar-refractivity contribution in [1.82, 2.24) is 0 Å². The first-order valence-corrected chi connectivity index (χ1v) is 8.25. The number of phenols is 1. The number of carboxylic acid groups (broad SMARTS) is 1. The molecule has 2 aromatic carbocycles. The third kappa shape index (κ3) is 3.54. The molecule has 142 valence electrons. The highest BCUT2D eigenvalue weighted by atomic mass is 16.5. The minimum Gasteiger partial charge on any atom is -0.504 e. The maximum absolute atomic E-state index is 10.8. The van der Waals surface area contributed by atoms with Gasteiger partial charge in [0.05, 0.1) is 26.7 Å². The van der Waals surface area contributed by atoms with Gasteiger partial charge in [-0.15, -0.1) is 0 Å². The van der Waals surface area contributed by atoms with Crippen molar-refractivity contribution in [2.75, 3.05) is 20.8 Å². The number of hydrogen-bond donors (Lipinski definition) is 3. The van der Waals surface area contributed by atoms with Crippen LogP contribution < -0.4 is 14.2 Å². The molecule has 0 amide bonds. The van der Waals surface area contributed by atoms with E-state index in [0.717, 1.165) is 17.2 Å². The van der Waals surface area contributed by atoms with Gasteiger partial charge in [0.15, 0.2) is 23.0 Å². The number of aromatic hydroxyl groups is 1. The molecule has 0 saturated carbocycles. The summed E-state index contributed by atoms with van der Waals surface area (Å²) in [6.07, 6.45) is 1.98. The Morgan fingerprint density at radius 1 is 1.19 bits per heavy atom. The smallest absolute Gasteiger partial charge is 0.328 e. The number of phenolic OH excluding ortho intramolecular Hbond substituents is 1. The van der Waals surface area contributed by atoms with Crippen LogP contribution in [0.15, 0.2) is 36.4 Å². The number of hydrogen-bond acceptors (Lipinski definition) is 6. The number of carbonyl (C=O) groups is 1. The molecule has 0 fully saturated rings. The van der Waals surface area contributed by atoms with E-state index in [0.29, 0.717) is 22.8 Å². The van der Waals surface area contributed by atoms with Crippen LogP contribution in [0.4, 0.5) is 0 Å². The highest BCUT2D eigenvalue weighted by Crippen LogP contribution is 2.51. The van der Waals surface area contributed by atoms with Crippen LogP contribution >= 0.6 is 0 Å². The number of methoxy groups -OCH3 is 2. The molecule has 0 saturated heterocycles. The summed E-state index contributed by atoms with van der Waals surface area (Å²) in [6.45, 7) is -0.184. The summed E-state index contributed by atoms with van der Waals surface area (Å²) in [5.74, 6) is -0.179. The molecular formula is C20H20O7. The van der Waals surface area contributed by atoms with Crippen molar-refractivity contribution >= 4 is 12.0 Å². The van der Waals surface area contributed by atoms with Gasteiger partial charge in [0.1, 0.15) is 6.10 Å². The molecule has 3 N–H and O–H groups in total. The Kier molecular flexibility index (Phi) is 5.23. The minimum atomic E-state index is -1.06. The molecule has 27 heavy (non-hydrogen) atoms. The van der Waals surface area contributed by atoms with Crippen molar-refractivity contribution in [3.05, 3.63) is 53.1 Å². The summed E-state index contributed by atoms with van der Waals surface area (Å²) in [5, 5.41) is 28.6. The highest BCUT2D eigenvalue weighted by molar-refractivity contribution is 5.85. The fraction of sp³-hybridized carbons (Fsp3) is 0.250. The van der Waals surface area contributed by atoms with Gasteiger partial charge < -0.3 is 29.5 Å². The highest BCUT2D eigenvalue weighted by Gasteiger charge is 2.37. The first-order valence-electron chi connectivity index (χ1n) is 8.25. The summed E-state index contributed by atoms with van der Waals surface area (Å²) in [6, 6.07) is 8.32. The molecule has 3 rings (SSSR count). The number of carboxylic acids is 1. The summed E-state index contributed by atoms with van der Waals surface area (Å²) >= 11 is 0. The normalized spacial score (nSPS) is 18.2. The van der Waals surface area contributed by atoms with Gasteiger partial charge in [0, 0.05) is 11.6 Å². The molecule has 7 nitrogen and oxygen atoms in total. The molecule has 7 heteroatoms. The summed E-state index contributed by atoms with van der Waals surface area (Å²) in [7, 11) is 2.95. The summed E-state index contributed by atoms with van der Waals surface area (Å²) < 4.78 is 16.6. The molecule has 0 aromatic heterocycles. The van der Waals surface area contributed by atoms with Crippen LogP contribution in [0.25, 0.3) is 6.08 Å². The van der Waals surface area contributed by atoms with Gasteiger partial charge in [-0.25, -0.2) is 4.79 Å². The number of aliphatic hydroxyl groups is 1. The molecule has 0 unspecified atom stereocenters. The lowest BCUT2D eigenvalue weighted by atomic mass is 9.90. The first-order chi connectivity index (χ1) is 13.0. The van der Waals surface area contributed by atoms with Crippen molar-refractivity contribution in [2.24, 2.45) is 0 Å². The molecule has 1 aliphatic heterocycles. The maximum atomic E-state index is 10.8. The largest absolute Gasteiger partial charge is 0.504 e. The lowest BCUT2D eigenvalue weighted by Crippen LogP contribution is -2.13. The van der Waals surface area contributed by atoms with Crippen LogP contribution in [-0.2, 0) is 4.79 Å². The van der Waals surface area contributed by atoms with Crippen LogP contribution in [0.1, 0.15) is 28.7 Å². The Bertz CT molecular complexity index is 888. The van der Waals surface area contributed by atoms with E-state index >= 15 is 0 Å². The number of benzene rings is 2. The summed E-state index contributed by atoms with van der Waals surface area (Å²) in [5.41, 5.74) is 2.07. The van der Waals surface area contributed by atoms with E-state index in [1.54, 1.807) is 24.3 Å². The average molecular weight is 372 g/mol. The molecule has 0 aliphatic carbocycles. The predicted molar refractivity (Wildman–Crippen MR) is 97.5 cm³/mol. The second-order valence-corrected chi connectivity index (χ2v) is 6.07. The Hall–Kier alpha value is -3.19. The van der Waals surface area contributed by atoms with E-state index in [9.17, 15) is 15.0 Å². The lowest BCUT2D eigenvalue weighted by molar-refractivity contribution is -0.131. The number of fused-ring (bicyclic) bond motifs is 1. The fourth-order valence-electron chi connectivity index (χ4n) is 3.20. The Balaban J connectivity index is 2.04. The van der Waals surface area contributed by atoms with Gasteiger partial charge in [-0.1, -0.05) is 6.07 Å². The van der Waals surface area contributed by atoms with E-state index in [1.165, 1.54) is 26.4 Å². The van der Waals surface area contributed by atoms with Crippen molar-refractivity contribution in [2.45, 2.75) is 12.0 Å². The number of aliphatic hydroxyl groups excluding tert-OH is 1. The molecule has 2 aromatic rings. The van der Waals surface area contributed by atoms with Crippen LogP contribution in [0.2, 0.25) is 0 Å². The second kappa shape index (κ2) is 7.59. The standard InChI is InChI=1S/C20H20O7/c1-25-16-9-12(4-5-15(16)22)19-14(10-21)13-7-11(3-6-18(23)24)8-17(26-2)20(13)27-19/h3-9,14,19,21-22H,10H2,1-2H3,(H,23,24)/b6-3+/t14-,19+/m1/s1. The van der Waals surface area contributed by atoms with Gasteiger partial charge in [-0.05, 0) is 41.5 Å². The quantitative estimate of drug-likeness (QED) is 0.670. The lowest BCUT2D eigenvalue weighted by Gasteiger charge is -2.18. The molecule has 0 radical (unpaired) electrons. The Labute approximate surface area is 156 Å². The number of ether oxygens (including phenoxy) is 3. The van der Waals surface area contributed by atoms with Gasteiger partial charge in [0.25, 0.3) is 0 Å². The molecule has 2 atom stereocenters. The third-order valence-electron chi connectivity index (χ3n) is 4.48. The van der Waals surface area contributed by atoms with Crippen molar-refractivity contribution < 1.29 is 34.3 Å². The molecule has 1 heterocycles. The predicted octanol–water partition coefficient (Wildman–Crippen LogP) is 2.72. The summed E-state index contributed by atoms with van der Waals surface area (Å²) in [4.78, 5) is 10.8. The van der Waals surface area contributed by atoms with Crippen molar-refractivity contribution in [1.29, 1.82) is 0 Å². The van der Waals surface area contributed by atoms with Crippen molar-refractivity contribution in [3.8, 4) is 23.0 Å². The molecule has 0 bridgehead atoms. The number of rotatable bonds is 6. The van der Waals surface area contributed by atoms with Crippen LogP contribution in [-0.4, -0.2) is 42.1 Å². The van der Waals surface area contributed by atoms with Gasteiger partial charge in [0.2, 0.25) is 0 Å². The van der Waals surface area contributed by atoms with Gasteiger partial charge >= 0.3 is 5.97 Å². The fourth-order valence-corrected chi connectivity index (χ4v) is 3.20. The second-order valence-electron chi connectivity index (χ2n) is 6.07. The zero-order chi connectivity index (χ0) is 19.6. The maximum Gasteiger partial charge on any atom is 0.328 e. The van der Waals surface area contributed by atoms with E-state index in [-0.39, 0.29) is 18.3 Å². The average Bonchev–Trinajstić information content (AvgIpc) is 3.04. The zero-order valence-corrected chi connectivity index (χ0v) is 14.9. The monoisotopic (exact) mass is 372 g/mol. The third-order valence-corrected chi connectivity index (χ3v) is 4.48. The topological polar surface area (TPSA) is 105 Å². The van der Waals surface area contributed by atoms with E-state index in [2.05, 4.69) is 0 Å². The van der Waals surface area contributed by atoms with E-state index in [1.807, 2.05) is 0 Å². The molecular weight excluding hydrogens is 352 g/mol. The van der Waals surface area contributed by atoms with Gasteiger partial charge in [-0.2, -0.15) is 0 Å². The van der Waals surface area contributed by atoms with Gasteiger partial charge in [-0.3, -0.25) is 0 Å². The van der Waals surface area contributed by atoms with Crippen molar-refractivity contribution in [3.63, 3.8) is 0 Å². The zero-order valence-electron chi connectivity index (χ0n) is 14.9. The molecule has 1 aliphatic rings. The van der Waals surface area contributed by atoms with E-state index < -0.39 is 12.1 Å². The SMILES string of the molecule is COc1cc([C@@H]2Oc3c(OC)cc(/C=C/C(=O)O)cc3[C@H]2CO)ccc1O. The Morgan fingerprint density at radius 2 is 1.93 bits per heavy atom. The molecule has 0 spiro atoms. The van der Waals surface area contributed by atoms with Crippen LogP contribution in [0.5, 0.6) is 23.0 Å². The van der Waals surface area contributed by atoms with Crippen LogP contribution in [0.3, 0.4) is 0 Å². The Morgan fingerprint density at radius 3 is 2.56 bits per heavy atom. The minimum absolute atomic E-state index is 0.0102. The first kappa shape index (κ1) is 18.6.